The van der Waals surface area contributed by atoms with Crippen LogP contribution in [0.15, 0.2) is 12.2 Å². The van der Waals surface area contributed by atoms with Gasteiger partial charge in [-0.2, -0.15) is 0 Å². The number of hydrogen-bond donors (Lipinski definition) is 1. The first-order valence-corrected chi connectivity index (χ1v) is 8.64. The fourth-order valence-corrected chi connectivity index (χ4v) is 2.35. The van der Waals surface area contributed by atoms with Gasteiger partial charge in [0.25, 0.3) is 0 Å². The minimum atomic E-state index is -0.664. The van der Waals surface area contributed by atoms with E-state index in [1.807, 2.05) is 0 Å². The maximum Gasteiger partial charge on any atom is 0.303 e. The van der Waals surface area contributed by atoms with Gasteiger partial charge in [0.05, 0.1) is 0 Å². The molecule has 0 bridgehead atoms. The van der Waals surface area contributed by atoms with E-state index >= 15 is 0 Å². The molecule has 128 valence electrons. The van der Waals surface area contributed by atoms with E-state index in [1.54, 1.807) is 0 Å². The van der Waals surface area contributed by atoms with E-state index < -0.39 is 5.97 Å². The third-order valence-electron chi connectivity index (χ3n) is 3.65. The molecule has 0 heterocycles. The van der Waals surface area contributed by atoms with Gasteiger partial charge in [-0.15, -0.1) is 0 Å². The quantitative estimate of drug-likeness (QED) is 0.209. The summed E-state index contributed by atoms with van der Waals surface area (Å²) in [6.07, 6.45) is 21.2. The molecule has 0 aromatic rings. The van der Waals surface area contributed by atoms with Crippen molar-refractivity contribution in [3.8, 4) is 0 Å². The zero-order valence-corrected chi connectivity index (χ0v) is 15.3. The Balaban J connectivity index is 0. The smallest absolute Gasteiger partial charge is 0.303 e. The van der Waals surface area contributed by atoms with Gasteiger partial charge in [-0.3, -0.25) is 4.79 Å². The average Bonchev–Trinajstić information content (AvgIpc) is 2.43. The molecule has 0 rings (SSSR count). The standard InChI is InChI=1S/C18H34O2.Pd/c1-2-3-4-5-6-7-8-9-10-11-12-13-14-15-16-17-18(19)20;/h9-10H,2-8,11-17H2,1H3,(H,19,20);/b10-9-;. The van der Waals surface area contributed by atoms with Crippen molar-refractivity contribution in [3.05, 3.63) is 12.2 Å². The molecule has 1 N–H and O–H groups in total. The summed E-state index contributed by atoms with van der Waals surface area (Å²) in [5.41, 5.74) is 0. The monoisotopic (exact) mass is 388 g/mol. The van der Waals surface area contributed by atoms with Crippen molar-refractivity contribution in [2.75, 3.05) is 0 Å². The molecule has 0 amide bonds. The number of carboxylic acids is 1. The third kappa shape index (κ3) is 22.3. The van der Waals surface area contributed by atoms with Crippen LogP contribution in [0.4, 0.5) is 0 Å². The van der Waals surface area contributed by atoms with Gasteiger partial charge in [-0.05, 0) is 32.1 Å². The molecule has 0 aromatic heterocycles. The first kappa shape index (κ1) is 23.1. The van der Waals surface area contributed by atoms with Gasteiger partial charge in [-0.25, -0.2) is 0 Å². The summed E-state index contributed by atoms with van der Waals surface area (Å²) in [6, 6.07) is 0. The zero-order chi connectivity index (χ0) is 14.9. The van der Waals surface area contributed by atoms with Gasteiger partial charge in [0.15, 0.2) is 0 Å². The molecule has 3 heteroatoms. The number of rotatable bonds is 15. The van der Waals surface area contributed by atoms with Crippen molar-refractivity contribution < 1.29 is 30.3 Å². The summed E-state index contributed by atoms with van der Waals surface area (Å²) in [6.45, 7) is 2.26. The minimum absolute atomic E-state index is 0. The second-order valence-electron chi connectivity index (χ2n) is 5.73. The van der Waals surface area contributed by atoms with Gasteiger partial charge in [0.1, 0.15) is 0 Å². The van der Waals surface area contributed by atoms with Crippen LogP contribution in [0.5, 0.6) is 0 Å². The van der Waals surface area contributed by atoms with Crippen LogP contribution in [0.25, 0.3) is 0 Å². The Morgan fingerprint density at radius 3 is 1.67 bits per heavy atom. The maximum atomic E-state index is 10.3. The average molecular weight is 389 g/mol. The van der Waals surface area contributed by atoms with Gasteiger partial charge in [0.2, 0.25) is 0 Å². The number of carbonyl (C=O) groups is 1. The predicted octanol–water partition coefficient (Wildman–Crippen LogP) is 6.11. The summed E-state index contributed by atoms with van der Waals surface area (Å²) in [7, 11) is 0. The Hall–Kier alpha value is -0.128. The van der Waals surface area contributed by atoms with E-state index in [-0.39, 0.29) is 20.4 Å². The molecule has 0 aliphatic heterocycles. The summed E-state index contributed by atoms with van der Waals surface area (Å²) in [4.78, 5) is 10.3. The second kappa shape index (κ2) is 19.9. The summed E-state index contributed by atoms with van der Waals surface area (Å²) < 4.78 is 0. The Morgan fingerprint density at radius 2 is 1.19 bits per heavy atom. The van der Waals surface area contributed by atoms with Crippen LogP contribution in [0.2, 0.25) is 0 Å². The first-order chi connectivity index (χ1) is 9.77. The number of hydrogen-bond acceptors (Lipinski definition) is 1. The molecule has 0 saturated heterocycles. The predicted molar refractivity (Wildman–Crippen MR) is 87.1 cm³/mol. The third-order valence-corrected chi connectivity index (χ3v) is 3.65. The number of aliphatic carboxylic acids is 1. The van der Waals surface area contributed by atoms with Gasteiger partial charge >= 0.3 is 5.97 Å². The van der Waals surface area contributed by atoms with Crippen molar-refractivity contribution in [1.82, 2.24) is 0 Å². The van der Waals surface area contributed by atoms with E-state index in [0.29, 0.717) is 6.42 Å². The maximum absolute atomic E-state index is 10.3. The molecule has 0 radical (unpaired) electrons. The van der Waals surface area contributed by atoms with E-state index in [2.05, 4.69) is 19.1 Å². The van der Waals surface area contributed by atoms with Gasteiger partial charge in [-0.1, -0.05) is 70.4 Å². The van der Waals surface area contributed by atoms with Crippen molar-refractivity contribution in [2.24, 2.45) is 0 Å². The van der Waals surface area contributed by atoms with E-state index in [9.17, 15) is 4.79 Å². The SMILES string of the molecule is CCCCCCCC/C=C\CCCCCCCC(=O)O.[Pd]. The molecule has 0 unspecified atom stereocenters. The van der Waals surface area contributed by atoms with Gasteiger partial charge in [0, 0.05) is 26.8 Å². The van der Waals surface area contributed by atoms with E-state index in [0.717, 1.165) is 12.8 Å². The molecule has 0 atom stereocenters. The molecular formula is C18H34O2Pd. The van der Waals surface area contributed by atoms with Crippen LogP contribution in [-0.4, -0.2) is 11.1 Å². The fourth-order valence-electron chi connectivity index (χ4n) is 2.35. The van der Waals surface area contributed by atoms with Gasteiger partial charge < -0.3 is 5.11 Å². The Labute approximate surface area is 145 Å². The molecule has 0 aliphatic carbocycles. The normalized spacial score (nSPS) is 10.7. The van der Waals surface area contributed by atoms with Crippen LogP contribution < -0.4 is 0 Å². The van der Waals surface area contributed by atoms with E-state index in [1.165, 1.54) is 70.6 Å². The number of unbranched alkanes of at least 4 members (excludes halogenated alkanes) is 11. The van der Waals surface area contributed by atoms with Crippen molar-refractivity contribution >= 4 is 5.97 Å². The summed E-state index contributed by atoms with van der Waals surface area (Å²) >= 11 is 0. The van der Waals surface area contributed by atoms with Crippen LogP contribution in [0.3, 0.4) is 0 Å². The molecule has 0 aromatic carbocycles. The van der Waals surface area contributed by atoms with Crippen LogP contribution in [0.1, 0.15) is 96.8 Å². The molecule has 2 nitrogen and oxygen atoms in total. The zero-order valence-electron chi connectivity index (χ0n) is 13.7. The van der Waals surface area contributed by atoms with Crippen LogP contribution in [-0.2, 0) is 25.2 Å². The summed E-state index contributed by atoms with van der Waals surface area (Å²) in [5, 5.41) is 8.51. The van der Waals surface area contributed by atoms with Crippen LogP contribution >= 0.6 is 0 Å². The minimum Gasteiger partial charge on any atom is -0.481 e. The Kier molecular flexibility index (Phi) is 21.9. The Morgan fingerprint density at radius 1 is 0.762 bits per heavy atom. The largest absolute Gasteiger partial charge is 0.481 e. The van der Waals surface area contributed by atoms with Crippen LogP contribution in [0, 0.1) is 0 Å². The second-order valence-corrected chi connectivity index (χ2v) is 5.73. The fraction of sp³-hybridized carbons (Fsp3) is 0.833. The topological polar surface area (TPSA) is 37.3 Å². The van der Waals surface area contributed by atoms with E-state index in [4.69, 9.17) is 5.11 Å². The molecule has 0 fully saturated rings. The number of carboxylic acid groups (broad SMARTS) is 1. The van der Waals surface area contributed by atoms with Crippen molar-refractivity contribution in [3.63, 3.8) is 0 Å². The van der Waals surface area contributed by atoms with Crippen molar-refractivity contribution in [1.29, 1.82) is 0 Å². The molecule has 0 saturated carbocycles. The Bertz CT molecular complexity index is 239. The molecule has 21 heavy (non-hydrogen) atoms. The first-order valence-electron chi connectivity index (χ1n) is 8.64. The molecule has 0 spiro atoms. The summed E-state index contributed by atoms with van der Waals surface area (Å²) in [5.74, 6) is -0.664. The number of allylic oxidation sites excluding steroid dienone is 2. The van der Waals surface area contributed by atoms with Crippen molar-refractivity contribution in [2.45, 2.75) is 96.8 Å². The molecular weight excluding hydrogens is 355 g/mol. The molecule has 0 aliphatic rings.